The minimum absolute atomic E-state index is 0.872. The van der Waals surface area contributed by atoms with E-state index in [4.69, 9.17) is 15.0 Å². The van der Waals surface area contributed by atoms with Gasteiger partial charge in [-0.3, -0.25) is 0 Å². The van der Waals surface area contributed by atoms with Crippen LogP contribution in [0.1, 0.15) is 22.8 Å². The molecular formula is C53H34BrN5S. The van der Waals surface area contributed by atoms with Crippen LogP contribution >= 0.6 is 27.3 Å². The highest BCUT2D eigenvalue weighted by Crippen LogP contribution is 2.39. The van der Waals surface area contributed by atoms with Crippen molar-refractivity contribution < 1.29 is 0 Å². The lowest BCUT2D eigenvalue weighted by molar-refractivity contribution is 1.31. The molecule has 0 radical (unpaired) electrons. The quantitative estimate of drug-likeness (QED) is 0.175. The summed E-state index contributed by atoms with van der Waals surface area (Å²) in [7, 11) is 0. The second-order valence-corrected chi connectivity index (χ2v) is 16.5. The van der Waals surface area contributed by atoms with Gasteiger partial charge in [-0.15, -0.1) is 11.3 Å². The van der Waals surface area contributed by atoms with Gasteiger partial charge in [-0.1, -0.05) is 143 Å². The Morgan fingerprint density at radius 2 is 0.700 bits per heavy atom. The minimum Gasteiger partial charge on any atom is -0.354 e. The third-order valence-corrected chi connectivity index (χ3v) is 12.4. The Hall–Kier alpha value is -7.19. The van der Waals surface area contributed by atoms with Crippen molar-refractivity contribution in [2.75, 3.05) is 0 Å². The zero-order valence-electron chi connectivity index (χ0n) is 32.1. The summed E-state index contributed by atoms with van der Waals surface area (Å²) in [6.07, 6.45) is 8.56. The lowest BCUT2D eigenvalue weighted by atomic mass is 10.0. The van der Waals surface area contributed by atoms with E-state index in [0.29, 0.717) is 0 Å². The van der Waals surface area contributed by atoms with E-state index in [-0.39, 0.29) is 0 Å². The molecule has 0 amide bonds. The number of rotatable bonds is 6. The second-order valence-electron chi connectivity index (χ2n) is 14.7. The lowest BCUT2D eigenvalue weighted by Gasteiger charge is -2.07. The van der Waals surface area contributed by atoms with Gasteiger partial charge in [-0.05, 0) is 83.0 Å². The van der Waals surface area contributed by atoms with Gasteiger partial charge in [0.15, 0.2) is 0 Å². The molecule has 11 rings (SSSR count). The zero-order chi connectivity index (χ0) is 40.0. The Balaban J connectivity index is 1.18. The van der Waals surface area contributed by atoms with Crippen molar-refractivity contribution in [2.45, 2.75) is 0 Å². The monoisotopic (exact) mass is 851 g/mol. The van der Waals surface area contributed by atoms with Crippen LogP contribution in [0.3, 0.4) is 0 Å². The first-order valence-corrected chi connectivity index (χ1v) is 21.4. The second kappa shape index (κ2) is 15.2. The van der Waals surface area contributed by atoms with E-state index in [1.165, 1.54) is 0 Å². The molecule has 7 heteroatoms. The van der Waals surface area contributed by atoms with Gasteiger partial charge in [0.05, 0.1) is 28.5 Å². The van der Waals surface area contributed by atoms with E-state index < -0.39 is 0 Å². The number of thiazole rings is 1. The van der Waals surface area contributed by atoms with Gasteiger partial charge in [0.1, 0.15) is 5.01 Å². The molecule has 2 aliphatic rings. The van der Waals surface area contributed by atoms with Crippen LogP contribution in [0.2, 0.25) is 0 Å². The maximum absolute atomic E-state index is 5.46. The standard InChI is InChI=1S/C53H34BrN5S/c54-39-22-20-33(21-23-39)48-32-60-53(59-48)38-18-16-37(17-19-38)52-46-30-28-44(57-46)50(35-12-6-2-7-13-35)42-26-24-40(55-42)49(34-10-4-1-5-11-34)41-25-27-43(56-41)51(36-14-8-3-9-15-36)45-29-31-47(52)58-45/h1-32,55,58H. The fourth-order valence-corrected chi connectivity index (χ4v) is 9.27. The van der Waals surface area contributed by atoms with Crippen LogP contribution < -0.4 is 0 Å². The molecule has 0 unspecified atom stereocenters. The summed E-state index contributed by atoms with van der Waals surface area (Å²) >= 11 is 5.20. The van der Waals surface area contributed by atoms with Crippen molar-refractivity contribution in [3.63, 3.8) is 0 Å². The van der Waals surface area contributed by atoms with E-state index in [2.05, 4.69) is 219 Å². The van der Waals surface area contributed by atoms with Crippen molar-refractivity contribution in [1.29, 1.82) is 0 Å². The number of nitrogens with zero attached hydrogens (tertiary/aromatic N) is 3. The molecule has 4 aromatic heterocycles. The summed E-state index contributed by atoms with van der Waals surface area (Å²) in [6.45, 7) is 0. The first kappa shape index (κ1) is 35.9. The number of fused-ring (bicyclic) bond motifs is 8. The average Bonchev–Trinajstić information content (AvgIpc) is 4.16. The molecule has 6 heterocycles. The molecule has 9 aromatic rings. The summed E-state index contributed by atoms with van der Waals surface area (Å²) in [5, 5.41) is 3.10. The van der Waals surface area contributed by atoms with E-state index in [9.17, 15) is 0 Å². The smallest absolute Gasteiger partial charge is 0.124 e. The molecule has 0 saturated heterocycles. The van der Waals surface area contributed by atoms with Crippen molar-refractivity contribution in [1.82, 2.24) is 24.9 Å². The molecule has 0 saturated carbocycles. The Kier molecular flexibility index (Phi) is 9.10. The van der Waals surface area contributed by atoms with Crippen LogP contribution in [-0.4, -0.2) is 24.9 Å². The van der Waals surface area contributed by atoms with Gasteiger partial charge in [-0.25, -0.2) is 15.0 Å². The third kappa shape index (κ3) is 6.64. The maximum atomic E-state index is 5.46. The topological polar surface area (TPSA) is 70.2 Å². The van der Waals surface area contributed by atoms with Crippen molar-refractivity contribution in [2.24, 2.45) is 0 Å². The molecular weight excluding hydrogens is 819 g/mol. The summed E-state index contributed by atoms with van der Waals surface area (Å²) in [5.74, 6) is 0. The SMILES string of the molecule is Brc1ccc(-c2csc(-c3ccc(-c4c5nc(c(-c6ccccc6)c6ccc([nH]6)c(-c6ccccc6)c6nc(c(-c7ccccc7)c7ccc4[nH]7)C=C6)C=C5)cc3)n2)cc1. The van der Waals surface area contributed by atoms with Crippen molar-refractivity contribution >= 4 is 73.6 Å². The predicted molar refractivity (Wildman–Crippen MR) is 255 cm³/mol. The summed E-state index contributed by atoms with van der Waals surface area (Å²) in [4.78, 5) is 23.6. The number of aromatic nitrogens is 5. The highest BCUT2D eigenvalue weighted by molar-refractivity contribution is 9.10. The number of H-pyrrole nitrogens is 2. The first-order valence-electron chi connectivity index (χ1n) is 19.8. The number of hydrogen-bond donors (Lipinski definition) is 2. The minimum atomic E-state index is 0.872. The van der Waals surface area contributed by atoms with Gasteiger partial charge in [-0.2, -0.15) is 0 Å². The Labute approximate surface area is 359 Å². The molecule has 5 nitrogen and oxygen atoms in total. The molecule has 2 aliphatic heterocycles. The number of aromatic amines is 2. The van der Waals surface area contributed by atoms with Crippen LogP contribution in [0.15, 0.2) is 174 Å². The van der Waals surface area contributed by atoms with Crippen LogP contribution in [0.25, 0.3) is 113 Å². The average molecular weight is 853 g/mol. The molecule has 5 aromatic carbocycles. The number of hydrogen-bond acceptors (Lipinski definition) is 4. The van der Waals surface area contributed by atoms with Crippen molar-refractivity contribution in [3.8, 4) is 66.3 Å². The molecule has 60 heavy (non-hydrogen) atoms. The van der Waals surface area contributed by atoms with E-state index in [1.54, 1.807) is 11.3 Å². The van der Waals surface area contributed by atoms with Crippen LogP contribution in [0, 0.1) is 0 Å². The molecule has 0 spiro atoms. The number of benzene rings is 5. The number of halogens is 1. The number of nitrogens with one attached hydrogen (secondary N) is 2. The largest absolute Gasteiger partial charge is 0.354 e. The van der Waals surface area contributed by atoms with E-state index >= 15 is 0 Å². The molecule has 0 atom stereocenters. The molecule has 2 N–H and O–H groups in total. The molecule has 284 valence electrons. The van der Waals surface area contributed by atoms with Gasteiger partial charge >= 0.3 is 0 Å². The summed E-state index contributed by atoms with van der Waals surface area (Å²) in [6, 6.07) is 57.2. The fourth-order valence-electron chi connectivity index (χ4n) is 8.17. The Bertz CT molecular complexity index is 3250. The van der Waals surface area contributed by atoms with Gasteiger partial charge < -0.3 is 9.97 Å². The normalized spacial score (nSPS) is 11.9. The molecule has 8 bridgehead atoms. The predicted octanol–water partition coefficient (Wildman–Crippen LogP) is 14.9. The molecule has 0 fully saturated rings. The van der Waals surface area contributed by atoms with Gasteiger partial charge in [0.2, 0.25) is 0 Å². The summed E-state index contributed by atoms with van der Waals surface area (Å²) < 4.78 is 1.05. The molecule has 0 aliphatic carbocycles. The lowest BCUT2D eigenvalue weighted by Crippen LogP contribution is -1.89. The van der Waals surface area contributed by atoms with Crippen LogP contribution in [0.4, 0.5) is 0 Å². The zero-order valence-corrected chi connectivity index (χ0v) is 34.5. The highest BCUT2D eigenvalue weighted by Gasteiger charge is 2.19. The van der Waals surface area contributed by atoms with Gasteiger partial charge in [0, 0.05) is 65.3 Å². The van der Waals surface area contributed by atoms with Gasteiger partial charge in [0.25, 0.3) is 0 Å². The van der Waals surface area contributed by atoms with Crippen molar-refractivity contribution in [3.05, 3.63) is 196 Å². The Morgan fingerprint density at radius 1 is 0.350 bits per heavy atom. The fraction of sp³-hybridized carbons (Fsp3) is 0. The maximum Gasteiger partial charge on any atom is 0.124 e. The van der Waals surface area contributed by atoms with Crippen LogP contribution in [-0.2, 0) is 0 Å². The Morgan fingerprint density at radius 3 is 1.10 bits per heavy atom. The highest BCUT2D eigenvalue weighted by atomic mass is 79.9. The van der Waals surface area contributed by atoms with E-state index in [1.807, 2.05) is 0 Å². The summed E-state index contributed by atoms with van der Waals surface area (Å²) in [5.41, 5.74) is 18.9. The van der Waals surface area contributed by atoms with E-state index in [0.717, 1.165) is 116 Å². The first-order chi connectivity index (χ1) is 29.6. The van der Waals surface area contributed by atoms with Crippen LogP contribution in [0.5, 0.6) is 0 Å². The third-order valence-electron chi connectivity index (χ3n) is 11.0.